The highest BCUT2D eigenvalue weighted by molar-refractivity contribution is 4.96. The van der Waals surface area contributed by atoms with E-state index in [9.17, 15) is 10.2 Å². The Morgan fingerprint density at radius 3 is 2.85 bits per heavy atom. The van der Waals surface area contributed by atoms with Crippen molar-refractivity contribution in [2.45, 2.75) is 30.6 Å². The molecule has 72 valence electrons. The molecule has 2 aliphatic heterocycles. The van der Waals surface area contributed by atoms with E-state index in [1.54, 1.807) is 0 Å². The van der Waals surface area contributed by atoms with E-state index in [1.165, 1.54) is 0 Å². The van der Waals surface area contributed by atoms with Gasteiger partial charge in [-0.3, -0.25) is 0 Å². The van der Waals surface area contributed by atoms with Crippen LogP contribution in [0.3, 0.4) is 0 Å². The van der Waals surface area contributed by atoms with Gasteiger partial charge in [0.05, 0.1) is 12.7 Å². The summed E-state index contributed by atoms with van der Waals surface area (Å²) in [5.41, 5.74) is 8.20. The van der Waals surface area contributed by atoms with Crippen LogP contribution < -0.4 is 0 Å². The van der Waals surface area contributed by atoms with Crippen LogP contribution in [0.5, 0.6) is 0 Å². The van der Waals surface area contributed by atoms with Crippen molar-refractivity contribution in [2.75, 3.05) is 6.61 Å². The minimum absolute atomic E-state index is 0.223. The van der Waals surface area contributed by atoms with Gasteiger partial charge >= 0.3 is 0 Å². The van der Waals surface area contributed by atoms with Gasteiger partial charge in [-0.05, 0) is 5.53 Å². The Morgan fingerprint density at radius 2 is 2.15 bits per heavy atom. The topological polar surface area (TPSA) is 108 Å². The van der Waals surface area contributed by atoms with E-state index >= 15 is 0 Å². The van der Waals surface area contributed by atoms with Crippen LogP contribution in [0.15, 0.2) is 5.11 Å². The van der Waals surface area contributed by atoms with E-state index in [-0.39, 0.29) is 6.61 Å². The highest BCUT2D eigenvalue weighted by atomic mass is 16.7. The highest BCUT2D eigenvalue weighted by Crippen LogP contribution is 2.29. The molecule has 13 heavy (non-hydrogen) atoms. The summed E-state index contributed by atoms with van der Waals surface area (Å²) in [7, 11) is 0. The Balaban J connectivity index is 2.21. The second kappa shape index (κ2) is 3.13. The number of ether oxygens (including phenoxy) is 2. The van der Waals surface area contributed by atoms with Gasteiger partial charge in [-0.15, -0.1) is 0 Å². The molecule has 2 heterocycles. The summed E-state index contributed by atoms with van der Waals surface area (Å²) < 4.78 is 10.2. The third-order valence-electron chi connectivity index (χ3n) is 2.28. The molecular formula is C6H9N3O4. The smallest absolute Gasteiger partial charge is 0.169 e. The summed E-state index contributed by atoms with van der Waals surface area (Å²) in [4.78, 5) is 2.55. The molecule has 0 unspecified atom stereocenters. The molecular weight excluding hydrogens is 178 g/mol. The van der Waals surface area contributed by atoms with Crippen molar-refractivity contribution >= 4 is 0 Å². The van der Waals surface area contributed by atoms with Crippen molar-refractivity contribution < 1.29 is 19.7 Å². The quantitative estimate of drug-likeness (QED) is 0.316. The summed E-state index contributed by atoms with van der Waals surface area (Å²) in [6.45, 7) is 0.223. The predicted molar refractivity (Wildman–Crippen MR) is 39.6 cm³/mol. The number of azide groups is 1. The fourth-order valence-electron chi connectivity index (χ4n) is 1.56. The second-order valence-electron chi connectivity index (χ2n) is 3.05. The summed E-state index contributed by atoms with van der Waals surface area (Å²) in [5, 5.41) is 22.2. The average Bonchev–Trinajstić information content (AvgIpc) is 2.56. The lowest BCUT2D eigenvalue weighted by Gasteiger charge is -2.32. The normalized spacial score (nSPS) is 48.6. The van der Waals surface area contributed by atoms with Gasteiger partial charge in [0.2, 0.25) is 0 Å². The molecule has 2 fully saturated rings. The molecule has 2 rings (SSSR count). The molecule has 0 spiro atoms. The summed E-state index contributed by atoms with van der Waals surface area (Å²) in [5.74, 6) is 0. The lowest BCUT2D eigenvalue weighted by Crippen LogP contribution is -2.52. The average molecular weight is 187 g/mol. The molecule has 2 N–H and O–H groups in total. The maximum absolute atomic E-state index is 9.47. The van der Waals surface area contributed by atoms with Crippen LogP contribution in [0.1, 0.15) is 0 Å². The maximum atomic E-state index is 9.47. The molecule has 0 amide bonds. The number of rotatable bonds is 1. The Hall–Kier alpha value is -0.850. The van der Waals surface area contributed by atoms with Gasteiger partial charge in [-0.1, -0.05) is 5.11 Å². The van der Waals surface area contributed by atoms with Crippen molar-refractivity contribution in [1.82, 2.24) is 0 Å². The first kappa shape index (κ1) is 8.74. The first-order chi connectivity index (χ1) is 6.24. The van der Waals surface area contributed by atoms with Crippen LogP contribution in [-0.4, -0.2) is 47.5 Å². The monoisotopic (exact) mass is 187 g/mol. The molecule has 0 aromatic heterocycles. The van der Waals surface area contributed by atoms with Crippen molar-refractivity contribution in [2.24, 2.45) is 5.11 Å². The molecule has 7 heteroatoms. The third kappa shape index (κ3) is 1.27. The van der Waals surface area contributed by atoms with Crippen LogP contribution in [0.2, 0.25) is 0 Å². The predicted octanol–water partition coefficient (Wildman–Crippen LogP) is -0.858. The molecule has 0 aliphatic carbocycles. The van der Waals surface area contributed by atoms with Gasteiger partial charge < -0.3 is 19.7 Å². The van der Waals surface area contributed by atoms with E-state index < -0.39 is 30.6 Å². The van der Waals surface area contributed by atoms with E-state index in [4.69, 9.17) is 15.0 Å². The lowest BCUT2D eigenvalue weighted by molar-refractivity contribution is -0.177. The fraction of sp³-hybridized carbons (Fsp3) is 1.00. The van der Waals surface area contributed by atoms with Crippen LogP contribution in [0, 0.1) is 0 Å². The minimum Gasteiger partial charge on any atom is -0.390 e. The number of nitrogens with zero attached hydrogens (tertiary/aromatic N) is 3. The first-order valence-electron chi connectivity index (χ1n) is 3.91. The molecule has 0 radical (unpaired) electrons. The van der Waals surface area contributed by atoms with Gasteiger partial charge in [-0.25, -0.2) is 0 Å². The molecule has 2 bridgehead atoms. The molecule has 7 nitrogen and oxygen atoms in total. The zero-order chi connectivity index (χ0) is 9.42. The van der Waals surface area contributed by atoms with Crippen LogP contribution in [0.4, 0.5) is 0 Å². The largest absolute Gasteiger partial charge is 0.390 e. The van der Waals surface area contributed by atoms with Crippen LogP contribution in [-0.2, 0) is 9.47 Å². The third-order valence-corrected chi connectivity index (χ3v) is 2.28. The van der Waals surface area contributed by atoms with Gasteiger partial charge in [0.1, 0.15) is 18.2 Å². The standard InChI is InChI=1S/C6H9N3O4/c7-9-8-3-5(11)4(10)2-1-12-6(3)13-2/h2-6,10-11H,1H2/t2-,3-,4-,5-,6+/m1/s1. The van der Waals surface area contributed by atoms with Crippen molar-refractivity contribution in [3.05, 3.63) is 10.4 Å². The number of hydrogen-bond donors (Lipinski definition) is 2. The molecule has 2 aliphatic rings. The van der Waals surface area contributed by atoms with Gasteiger partial charge in [-0.2, -0.15) is 0 Å². The first-order valence-corrected chi connectivity index (χ1v) is 3.91. The van der Waals surface area contributed by atoms with Gasteiger partial charge in [0, 0.05) is 4.91 Å². The van der Waals surface area contributed by atoms with Gasteiger partial charge in [0.15, 0.2) is 6.29 Å². The summed E-state index contributed by atoms with van der Waals surface area (Å²) in [6, 6.07) is -0.862. The van der Waals surface area contributed by atoms with E-state index in [2.05, 4.69) is 10.0 Å². The van der Waals surface area contributed by atoms with Crippen molar-refractivity contribution in [3.63, 3.8) is 0 Å². The number of aliphatic hydroxyl groups is 2. The zero-order valence-corrected chi connectivity index (χ0v) is 6.65. The molecule has 0 aromatic carbocycles. The summed E-state index contributed by atoms with van der Waals surface area (Å²) >= 11 is 0. The number of hydrogen-bond acceptors (Lipinski definition) is 5. The number of fused-ring (bicyclic) bond motifs is 2. The summed E-state index contributed by atoms with van der Waals surface area (Å²) in [6.07, 6.45) is -3.39. The van der Waals surface area contributed by atoms with E-state index in [1.807, 2.05) is 0 Å². The lowest BCUT2D eigenvalue weighted by atomic mass is 10.00. The Kier molecular flexibility index (Phi) is 2.10. The van der Waals surface area contributed by atoms with E-state index in [0.717, 1.165) is 0 Å². The molecule has 2 saturated heterocycles. The molecule has 0 saturated carbocycles. The second-order valence-corrected chi connectivity index (χ2v) is 3.05. The SMILES string of the molecule is [N-]=[N+]=N[C@H]1[C@H]2OC[C@@H](O2)[C@@H](O)[C@@H]1O. The zero-order valence-electron chi connectivity index (χ0n) is 6.65. The maximum Gasteiger partial charge on any atom is 0.169 e. The Labute approximate surface area is 73.5 Å². The van der Waals surface area contributed by atoms with Crippen molar-refractivity contribution in [1.29, 1.82) is 0 Å². The molecule has 0 aromatic rings. The number of aliphatic hydroxyl groups excluding tert-OH is 2. The Bertz CT molecular complexity index is 254. The van der Waals surface area contributed by atoms with E-state index in [0.29, 0.717) is 0 Å². The van der Waals surface area contributed by atoms with Crippen LogP contribution >= 0.6 is 0 Å². The Morgan fingerprint density at radius 1 is 1.38 bits per heavy atom. The highest BCUT2D eigenvalue weighted by Gasteiger charge is 2.49. The fourth-order valence-corrected chi connectivity index (χ4v) is 1.56. The molecule has 5 atom stereocenters. The van der Waals surface area contributed by atoms with Gasteiger partial charge in [0.25, 0.3) is 0 Å². The van der Waals surface area contributed by atoms with Crippen molar-refractivity contribution in [3.8, 4) is 0 Å². The minimum atomic E-state index is -1.11. The van der Waals surface area contributed by atoms with Crippen LogP contribution in [0.25, 0.3) is 10.4 Å².